The highest BCUT2D eigenvalue weighted by Gasteiger charge is 2.36. The molecular weight excluding hydrogens is 315 g/mol. The van der Waals surface area contributed by atoms with Gasteiger partial charge in [-0.15, -0.1) is 0 Å². The highest BCUT2D eigenvalue weighted by molar-refractivity contribution is 6.74. The quantitative estimate of drug-likeness (QED) is 0.439. The summed E-state index contributed by atoms with van der Waals surface area (Å²) in [6.07, 6.45) is 0. The lowest BCUT2D eigenvalue weighted by atomic mass is 10.1. The number of carbonyl (C=O) groups excluding carboxylic acids is 1. The summed E-state index contributed by atoms with van der Waals surface area (Å²) >= 11 is 0. The number of ether oxygens (including phenoxy) is 2. The van der Waals surface area contributed by atoms with Gasteiger partial charge in [0.25, 0.3) is 0 Å². The van der Waals surface area contributed by atoms with Crippen LogP contribution in [0.1, 0.15) is 36.7 Å². The summed E-state index contributed by atoms with van der Waals surface area (Å²) in [6.45, 7) is 13.3. The Morgan fingerprint density at radius 3 is 2.35 bits per heavy atom. The predicted octanol–water partition coefficient (Wildman–Crippen LogP) is 4.32. The second-order valence-electron chi connectivity index (χ2n) is 7.03. The van der Waals surface area contributed by atoms with Crippen LogP contribution < -0.4 is 4.74 Å². The summed E-state index contributed by atoms with van der Waals surface area (Å²) in [7, 11) is -0.566. The average molecular weight is 342 g/mol. The van der Waals surface area contributed by atoms with Crippen molar-refractivity contribution in [2.24, 2.45) is 0 Å². The molecule has 0 radical (unpaired) electrons. The number of benzene rings is 1. The first-order chi connectivity index (χ1) is 10.5. The molecule has 0 aliphatic heterocycles. The molecule has 0 atom stereocenters. The first-order valence-corrected chi connectivity index (χ1v) is 10.6. The Labute approximate surface area is 139 Å². The van der Waals surface area contributed by atoms with E-state index in [1.165, 1.54) is 13.2 Å². The molecule has 0 unspecified atom stereocenters. The van der Waals surface area contributed by atoms with Crippen molar-refractivity contribution >= 4 is 14.3 Å². The van der Waals surface area contributed by atoms with Crippen LogP contribution in [0.5, 0.6) is 5.75 Å². The van der Waals surface area contributed by atoms with E-state index in [-0.39, 0.29) is 10.6 Å². The lowest BCUT2D eigenvalue weighted by molar-refractivity contribution is 0.0598. The van der Waals surface area contributed by atoms with Crippen LogP contribution in [0.15, 0.2) is 12.1 Å². The Bertz CT molecular complexity index is 564. The fraction of sp³-hybridized carbons (Fsp3) is 0.588. The maximum atomic E-state index is 13.6. The zero-order chi connectivity index (χ0) is 17.8. The average Bonchev–Trinajstić information content (AvgIpc) is 2.44. The molecule has 1 rings (SSSR count). The predicted molar refractivity (Wildman–Crippen MR) is 91.1 cm³/mol. The lowest BCUT2D eigenvalue weighted by Gasteiger charge is -2.36. The Balaban J connectivity index is 2.73. The zero-order valence-electron chi connectivity index (χ0n) is 15.1. The maximum absolute atomic E-state index is 13.6. The molecule has 0 N–H and O–H groups in total. The molecule has 0 aliphatic carbocycles. The molecule has 0 amide bonds. The van der Waals surface area contributed by atoms with Crippen LogP contribution in [0.3, 0.4) is 0 Å². The van der Waals surface area contributed by atoms with Gasteiger partial charge in [-0.1, -0.05) is 20.8 Å². The van der Waals surface area contributed by atoms with E-state index in [1.54, 1.807) is 6.92 Å². The highest BCUT2D eigenvalue weighted by Crippen LogP contribution is 2.36. The Hall–Kier alpha value is -1.40. The van der Waals surface area contributed by atoms with Crippen molar-refractivity contribution in [1.29, 1.82) is 0 Å². The largest absolute Gasteiger partial charge is 0.491 e. The van der Waals surface area contributed by atoms with Crippen LogP contribution in [0.25, 0.3) is 0 Å². The van der Waals surface area contributed by atoms with Crippen molar-refractivity contribution in [3.63, 3.8) is 0 Å². The molecule has 0 saturated heterocycles. The van der Waals surface area contributed by atoms with Gasteiger partial charge in [0.2, 0.25) is 0 Å². The number of carbonyl (C=O) groups is 1. The number of esters is 1. The third-order valence-electron chi connectivity index (χ3n) is 4.34. The molecule has 0 saturated carbocycles. The van der Waals surface area contributed by atoms with E-state index >= 15 is 0 Å². The van der Waals surface area contributed by atoms with Gasteiger partial charge < -0.3 is 13.9 Å². The SMILES string of the molecule is COC(=O)c1cc(F)cc(OCCO[Si](C)(C)C(C)(C)C)c1C. The van der Waals surface area contributed by atoms with Crippen molar-refractivity contribution in [3.05, 3.63) is 29.1 Å². The Morgan fingerprint density at radius 2 is 1.83 bits per heavy atom. The molecule has 0 spiro atoms. The molecular formula is C17H27FO4Si. The maximum Gasteiger partial charge on any atom is 0.338 e. The van der Waals surface area contributed by atoms with E-state index in [2.05, 4.69) is 38.6 Å². The molecule has 0 heterocycles. The van der Waals surface area contributed by atoms with Crippen LogP contribution in [-0.4, -0.2) is 34.6 Å². The third kappa shape index (κ3) is 5.04. The second-order valence-corrected chi connectivity index (χ2v) is 11.8. The van der Waals surface area contributed by atoms with E-state index in [0.29, 0.717) is 24.5 Å². The number of halogens is 1. The smallest absolute Gasteiger partial charge is 0.338 e. The summed E-state index contributed by atoms with van der Waals surface area (Å²) < 4.78 is 29.9. The monoisotopic (exact) mass is 342 g/mol. The molecule has 1 aromatic rings. The van der Waals surface area contributed by atoms with Gasteiger partial charge in [0.05, 0.1) is 19.3 Å². The van der Waals surface area contributed by atoms with E-state index in [4.69, 9.17) is 9.16 Å². The molecule has 0 fully saturated rings. The molecule has 0 aromatic heterocycles. The summed E-state index contributed by atoms with van der Waals surface area (Å²) in [4.78, 5) is 11.6. The molecule has 23 heavy (non-hydrogen) atoms. The van der Waals surface area contributed by atoms with Gasteiger partial charge in [0.15, 0.2) is 8.32 Å². The van der Waals surface area contributed by atoms with Crippen molar-refractivity contribution in [1.82, 2.24) is 0 Å². The van der Waals surface area contributed by atoms with Crippen molar-refractivity contribution in [3.8, 4) is 5.75 Å². The minimum absolute atomic E-state index is 0.125. The van der Waals surface area contributed by atoms with E-state index in [1.807, 2.05) is 0 Å². The van der Waals surface area contributed by atoms with Gasteiger partial charge in [-0.25, -0.2) is 9.18 Å². The normalized spacial score (nSPS) is 12.2. The van der Waals surface area contributed by atoms with E-state index in [9.17, 15) is 9.18 Å². The molecule has 1 aromatic carbocycles. The number of methoxy groups -OCH3 is 1. The van der Waals surface area contributed by atoms with Crippen molar-refractivity contribution in [2.75, 3.05) is 20.3 Å². The summed E-state index contributed by atoms with van der Waals surface area (Å²) in [6, 6.07) is 2.42. The number of hydrogen-bond donors (Lipinski definition) is 0. The highest BCUT2D eigenvalue weighted by atomic mass is 28.4. The zero-order valence-corrected chi connectivity index (χ0v) is 16.1. The van der Waals surface area contributed by atoms with Crippen molar-refractivity contribution < 1.29 is 23.1 Å². The Morgan fingerprint density at radius 1 is 1.22 bits per heavy atom. The van der Waals surface area contributed by atoms with Gasteiger partial charge in [0, 0.05) is 11.6 Å². The number of hydrogen-bond acceptors (Lipinski definition) is 4. The minimum atomic E-state index is -1.83. The van der Waals surface area contributed by atoms with Gasteiger partial charge in [-0.05, 0) is 31.1 Å². The molecule has 4 nitrogen and oxygen atoms in total. The van der Waals surface area contributed by atoms with Crippen LogP contribution in [-0.2, 0) is 9.16 Å². The summed E-state index contributed by atoms with van der Waals surface area (Å²) in [5, 5.41) is 0.125. The van der Waals surface area contributed by atoms with Gasteiger partial charge in [0.1, 0.15) is 18.2 Å². The summed E-state index contributed by atoms with van der Waals surface area (Å²) in [5.41, 5.74) is 0.735. The van der Waals surface area contributed by atoms with E-state index in [0.717, 1.165) is 6.07 Å². The third-order valence-corrected chi connectivity index (χ3v) is 8.88. The molecule has 0 bridgehead atoms. The number of rotatable bonds is 6. The Kier molecular flexibility index (Phi) is 6.36. The van der Waals surface area contributed by atoms with Gasteiger partial charge in [-0.2, -0.15) is 0 Å². The van der Waals surface area contributed by atoms with Crippen LogP contribution >= 0.6 is 0 Å². The topological polar surface area (TPSA) is 44.8 Å². The van der Waals surface area contributed by atoms with Crippen LogP contribution in [0.4, 0.5) is 4.39 Å². The standard InChI is InChI=1S/C17H27FO4Si/c1-12-14(16(19)20-5)10-13(18)11-15(12)21-8-9-22-23(6,7)17(2,3)4/h10-11H,8-9H2,1-7H3. The molecule has 6 heteroatoms. The first-order valence-electron chi connectivity index (χ1n) is 7.65. The molecule has 0 aliphatic rings. The van der Waals surface area contributed by atoms with E-state index < -0.39 is 20.1 Å². The summed E-state index contributed by atoms with van der Waals surface area (Å²) in [5.74, 6) is -0.773. The lowest BCUT2D eigenvalue weighted by Crippen LogP contribution is -2.41. The van der Waals surface area contributed by atoms with Gasteiger partial charge in [-0.3, -0.25) is 0 Å². The van der Waals surface area contributed by atoms with Crippen LogP contribution in [0, 0.1) is 12.7 Å². The van der Waals surface area contributed by atoms with Crippen molar-refractivity contribution in [2.45, 2.75) is 45.8 Å². The fourth-order valence-corrected chi connectivity index (χ4v) is 2.82. The minimum Gasteiger partial charge on any atom is -0.491 e. The molecule has 130 valence electrons. The fourth-order valence-electron chi connectivity index (χ4n) is 1.79. The van der Waals surface area contributed by atoms with Crippen LogP contribution in [0.2, 0.25) is 18.1 Å². The first kappa shape index (κ1) is 19.6. The second kappa shape index (κ2) is 7.44. The van der Waals surface area contributed by atoms with Gasteiger partial charge >= 0.3 is 5.97 Å².